The molecular weight excluding hydrogens is 227 g/mol. The van der Waals surface area contributed by atoms with Crippen LogP contribution in [0.2, 0.25) is 0 Å². The molecule has 17 heavy (non-hydrogen) atoms. The summed E-state index contributed by atoms with van der Waals surface area (Å²) in [6, 6.07) is 5.79. The van der Waals surface area contributed by atoms with Crippen LogP contribution in [0.1, 0.15) is 28.5 Å². The van der Waals surface area contributed by atoms with Crippen molar-refractivity contribution < 1.29 is 23.5 Å². The van der Waals surface area contributed by atoms with Gasteiger partial charge in [-0.15, -0.1) is 0 Å². The standard InChI is InChI=1S/C12H13FO4/c1-16-11(14)7-10(13)8-3-5-9(6-4-8)12(15)17-2/h3-6,10H,7H2,1-2H3. The zero-order chi connectivity index (χ0) is 12.8. The van der Waals surface area contributed by atoms with E-state index in [-0.39, 0.29) is 6.42 Å². The minimum absolute atomic E-state index is 0.322. The van der Waals surface area contributed by atoms with E-state index in [0.717, 1.165) is 0 Å². The van der Waals surface area contributed by atoms with Crippen LogP contribution in [-0.2, 0) is 14.3 Å². The van der Waals surface area contributed by atoms with Crippen molar-refractivity contribution in [3.8, 4) is 0 Å². The molecule has 1 aromatic rings. The quantitative estimate of drug-likeness (QED) is 0.756. The van der Waals surface area contributed by atoms with Crippen LogP contribution in [0.25, 0.3) is 0 Å². The summed E-state index contributed by atoms with van der Waals surface area (Å²) in [6.07, 6.45) is -1.78. The molecule has 0 saturated carbocycles. The van der Waals surface area contributed by atoms with Crippen molar-refractivity contribution in [2.75, 3.05) is 14.2 Å². The van der Waals surface area contributed by atoms with Gasteiger partial charge >= 0.3 is 11.9 Å². The van der Waals surface area contributed by atoms with Crippen LogP contribution in [0, 0.1) is 0 Å². The van der Waals surface area contributed by atoms with Crippen molar-refractivity contribution >= 4 is 11.9 Å². The lowest BCUT2D eigenvalue weighted by atomic mass is 10.1. The zero-order valence-corrected chi connectivity index (χ0v) is 9.60. The fourth-order valence-corrected chi connectivity index (χ4v) is 1.29. The van der Waals surface area contributed by atoms with E-state index in [1.165, 1.54) is 38.5 Å². The Morgan fingerprint density at radius 1 is 1.18 bits per heavy atom. The first-order valence-corrected chi connectivity index (χ1v) is 4.97. The van der Waals surface area contributed by atoms with E-state index in [9.17, 15) is 14.0 Å². The molecule has 1 aromatic carbocycles. The summed E-state index contributed by atoms with van der Waals surface area (Å²) in [6.45, 7) is 0. The van der Waals surface area contributed by atoms with Crippen molar-refractivity contribution in [3.63, 3.8) is 0 Å². The molecule has 0 amide bonds. The average Bonchev–Trinajstić information content (AvgIpc) is 2.37. The first-order chi connectivity index (χ1) is 8.08. The molecule has 0 aliphatic heterocycles. The number of methoxy groups -OCH3 is 2. The Kier molecular flexibility index (Phi) is 4.63. The van der Waals surface area contributed by atoms with Gasteiger partial charge in [0.2, 0.25) is 0 Å². The Morgan fingerprint density at radius 3 is 2.24 bits per heavy atom. The number of benzene rings is 1. The summed E-state index contributed by atoms with van der Waals surface area (Å²) >= 11 is 0. The minimum atomic E-state index is -1.44. The lowest BCUT2D eigenvalue weighted by molar-refractivity contribution is -0.141. The molecule has 4 nitrogen and oxygen atoms in total. The molecule has 1 unspecified atom stereocenters. The van der Waals surface area contributed by atoms with Crippen LogP contribution in [0.15, 0.2) is 24.3 Å². The summed E-state index contributed by atoms with van der Waals surface area (Å²) < 4.78 is 22.5. The molecule has 1 atom stereocenters. The fraction of sp³-hybridized carbons (Fsp3) is 0.333. The highest BCUT2D eigenvalue weighted by Crippen LogP contribution is 2.22. The molecule has 0 heterocycles. The molecule has 0 bridgehead atoms. The second-order valence-corrected chi connectivity index (χ2v) is 3.36. The van der Waals surface area contributed by atoms with E-state index < -0.39 is 18.1 Å². The Bertz CT molecular complexity index is 399. The summed E-state index contributed by atoms with van der Waals surface area (Å²) in [4.78, 5) is 22.0. The first-order valence-electron chi connectivity index (χ1n) is 4.97. The molecule has 92 valence electrons. The van der Waals surface area contributed by atoms with Gasteiger partial charge in [0.1, 0.15) is 6.17 Å². The average molecular weight is 240 g/mol. The highest BCUT2D eigenvalue weighted by atomic mass is 19.1. The highest BCUT2D eigenvalue weighted by molar-refractivity contribution is 5.89. The maximum Gasteiger partial charge on any atom is 0.337 e. The number of carbonyl (C=O) groups is 2. The topological polar surface area (TPSA) is 52.6 Å². The molecule has 0 aromatic heterocycles. The number of rotatable bonds is 4. The summed E-state index contributed by atoms with van der Waals surface area (Å²) in [7, 11) is 2.47. The lowest BCUT2D eigenvalue weighted by Gasteiger charge is -2.07. The van der Waals surface area contributed by atoms with E-state index in [1.807, 2.05) is 0 Å². The van der Waals surface area contributed by atoms with Gasteiger partial charge in [0.05, 0.1) is 26.2 Å². The second kappa shape index (κ2) is 5.98. The number of carbonyl (C=O) groups excluding carboxylic acids is 2. The summed E-state index contributed by atoms with van der Waals surface area (Å²) in [5, 5.41) is 0. The third kappa shape index (κ3) is 3.55. The molecule has 0 radical (unpaired) electrons. The van der Waals surface area contributed by atoms with Crippen molar-refractivity contribution in [3.05, 3.63) is 35.4 Å². The van der Waals surface area contributed by atoms with E-state index in [0.29, 0.717) is 11.1 Å². The molecule has 0 aliphatic rings. The van der Waals surface area contributed by atoms with Crippen LogP contribution < -0.4 is 0 Å². The molecule has 0 fully saturated rings. The van der Waals surface area contributed by atoms with Crippen LogP contribution >= 0.6 is 0 Å². The monoisotopic (exact) mass is 240 g/mol. The van der Waals surface area contributed by atoms with Gasteiger partial charge in [0.25, 0.3) is 0 Å². The van der Waals surface area contributed by atoms with E-state index in [4.69, 9.17) is 0 Å². The van der Waals surface area contributed by atoms with Crippen LogP contribution in [0.3, 0.4) is 0 Å². The smallest absolute Gasteiger partial charge is 0.337 e. The third-order valence-electron chi connectivity index (χ3n) is 2.27. The van der Waals surface area contributed by atoms with Crippen LogP contribution in [-0.4, -0.2) is 26.2 Å². The van der Waals surface area contributed by atoms with Gasteiger partial charge in [-0.2, -0.15) is 0 Å². The lowest BCUT2D eigenvalue weighted by Crippen LogP contribution is -2.06. The molecule has 0 aliphatic carbocycles. The Morgan fingerprint density at radius 2 is 1.76 bits per heavy atom. The fourth-order valence-electron chi connectivity index (χ4n) is 1.29. The molecular formula is C12H13FO4. The largest absolute Gasteiger partial charge is 0.469 e. The van der Waals surface area contributed by atoms with Crippen molar-refractivity contribution in [2.24, 2.45) is 0 Å². The van der Waals surface area contributed by atoms with Gasteiger partial charge in [-0.1, -0.05) is 12.1 Å². The third-order valence-corrected chi connectivity index (χ3v) is 2.27. The second-order valence-electron chi connectivity index (χ2n) is 3.36. The van der Waals surface area contributed by atoms with Gasteiger partial charge in [0.15, 0.2) is 0 Å². The van der Waals surface area contributed by atoms with Crippen molar-refractivity contribution in [2.45, 2.75) is 12.6 Å². The van der Waals surface area contributed by atoms with Crippen molar-refractivity contribution in [1.29, 1.82) is 0 Å². The SMILES string of the molecule is COC(=O)CC(F)c1ccc(C(=O)OC)cc1. The summed E-state index contributed by atoms with van der Waals surface area (Å²) in [5.41, 5.74) is 0.657. The number of alkyl halides is 1. The molecule has 1 rings (SSSR count). The van der Waals surface area contributed by atoms with Gasteiger partial charge in [0, 0.05) is 0 Å². The van der Waals surface area contributed by atoms with E-state index in [1.54, 1.807) is 0 Å². The number of ether oxygens (including phenoxy) is 2. The Labute approximate surface area is 98.3 Å². The number of hydrogen-bond donors (Lipinski definition) is 0. The molecule has 0 spiro atoms. The summed E-state index contributed by atoms with van der Waals surface area (Å²) in [5.74, 6) is -1.10. The molecule has 5 heteroatoms. The van der Waals surface area contributed by atoms with Crippen LogP contribution in [0.4, 0.5) is 4.39 Å². The van der Waals surface area contributed by atoms with Gasteiger partial charge in [-0.05, 0) is 17.7 Å². The Balaban J connectivity index is 2.73. The molecule has 0 saturated heterocycles. The minimum Gasteiger partial charge on any atom is -0.469 e. The number of hydrogen-bond acceptors (Lipinski definition) is 4. The van der Waals surface area contributed by atoms with Gasteiger partial charge in [-0.25, -0.2) is 9.18 Å². The molecule has 0 N–H and O–H groups in total. The number of esters is 2. The highest BCUT2D eigenvalue weighted by Gasteiger charge is 2.15. The predicted octanol–water partition coefficient (Wildman–Crippen LogP) is 2.05. The predicted molar refractivity (Wildman–Crippen MR) is 58.3 cm³/mol. The van der Waals surface area contributed by atoms with Gasteiger partial charge < -0.3 is 9.47 Å². The van der Waals surface area contributed by atoms with Crippen LogP contribution in [0.5, 0.6) is 0 Å². The van der Waals surface area contributed by atoms with Gasteiger partial charge in [-0.3, -0.25) is 4.79 Å². The van der Waals surface area contributed by atoms with E-state index in [2.05, 4.69) is 9.47 Å². The number of halogens is 1. The first kappa shape index (κ1) is 13.2. The van der Waals surface area contributed by atoms with Crippen molar-refractivity contribution in [1.82, 2.24) is 0 Å². The Hall–Kier alpha value is -1.91. The maximum atomic E-state index is 13.6. The normalized spacial score (nSPS) is 11.7. The van der Waals surface area contributed by atoms with E-state index >= 15 is 0 Å². The zero-order valence-electron chi connectivity index (χ0n) is 9.60. The maximum absolute atomic E-state index is 13.6.